The van der Waals surface area contributed by atoms with Gasteiger partial charge in [-0.15, -0.1) is 5.10 Å². The first-order chi connectivity index (χ1) is 6.98. The van der Waals surface area contributed by atoms with Crippen LogP contribution in [0.2, 0.25) is 0 Å². The summed E-state index contributed by atoms with van der Waals surface area (Å²) in [5.74, 6) is -4.56. The van der Waals surface area contributed by atoms with E-state index in [0.29, 0.717) is 0 Å². The zero-order valence-corrected chi connectivity index (χ0v) is 7.60. The van der Waals surface area contributed by atoms with Crippen LogP contribution in [-0.2, 0) is 11.3 Å². The lowest BCUT2D eigenvalue weighted by atomic mass is 10.0. The number of hydrogen-bond acceptors (Lipinski definition) is 4. The third kappa shape index (κ3) is 1.45. The van der Waals surface area contributed by atoms with Crippen LogP contribution in [0.4, 0.5) is 8.78 Å². The Morgan fingerprint density at radius 3 is 2.67 bits per heavy atom. The highest BCUT2D eigenvalue weighted by molar-refractivity contribution is 5.80. The number of aliphatic carboxylic acids is 1. The zero-order chi connectivity index (χ0) is 11.1. The molecule has 0 bridgehead atoms. The summed E-state index contributed by atoms with van der Waals surface area (Å²) in [5.41, 5.74) is -1.92. The van der Waals surface area contributed by atoms with Gasteiger partial charge in [0.1, 0.15) is 11.7 Å². The molecule has 15 heavy (non-hydrogen) atoms. The molecule has 1 unspecified atom stereocenters. The monoisotopic (exact) mass is 218 g/mol. The number of tetrazole rings is 1. The summed E-state index contributed by atoms with van der Waals surface area (Å²) in [5, 5.41) is 18.8. The van der Waals surface area contributed by atoms with Crippen LogP contribution >= 0.6 is 0 Å². The van der Waals surface area contributed by atoms with Gasteiger partial charge in [0.15, 0.2) is 0 Å². The number of halogens is 2. The van der Waals surface area contributed by atoms with Gasteiger partial charge in [0.25, 0.3) is 5.92 Å². The first-order valence-electron chi connectivity index (χ1n) is 4.30. The first kappa shape index (κ1) is 9.94. The van der Waals surface area contributed by atoms with Crippen LogP contribution in [0.5, 0.6) is 0 Å². The molecule has 0 saturated heterocycles. The molecule has 8 heteroatoms. The van der Waals surface area contributed by atoms with Crippen molar-refractivity contribution in [2.75, 3.05) is 0 Å². The predicted molar refractivity (Wildman–Crippen MR) is 42.1 cm³/mol. The molecule has 0 aromatic carbocycles. The molecule has 1 aliphatic carbocycles. The second-order valence-corrected chi connectivity index (χ2v) is 3.59. The van der Waals surface area contributed by atoms with E-state index in [0.717, 1.165) is 0 Å². The van der Waals surface area contributed by atoms with Crippen molar-refractivity contribution in [2.24, 2.45) is 5.41 Å². The van der Waals surface area contributed by atoms with Crippen LogP contribution in [0, 0.1) is 5.41 Å². The van der Waals surface area contributed by atoms with Crippen molar-refractivity contribution in [2.45, 2.75) is 25.3 Å². The Bertz CT molecular complexity index is 380. The molecular formula is C7H8F2N4O2. The fourth-order valence-electron chi connectivity index (χ4n) is 1.53. The molecule has 1 heterocycles. The molecule has 1 aromatic rings. The van der Waals surface area contributed by atoms with Gasteiger partial charge in [0, 0.05) is 13.0 Å². The minimum atomic E-state index is -3.10. The Morgan fingerprint density at radius 1 is 1.60 bits per heavy atom. The highest BCUT2D eigenvalue weighted by atomic mass is 19.3. The van der Waals surface area contributed by atoms with Gasteiger partial charge in [-0.05, 0) is 16.8 Å². The third-order valence-corrected chi connectivity index (χ3v) is 2.67. The summed E-state index contributed by atoms with van der Waals surface area (Å²) in [6.45, 7) is 0.0783. The molecular weight excluding hydrogens is 210 g/mol. The van der Waals surface area contributed by atoms with Crippen molar-refractivity contribution in [1.82, 2.24) is 20.2 Å². The molecule has 1 N–H and O–H groups in total. The number of nitrogens with zero attached hydrogens (tertiary/aromatic N) is 4. The minimum absolute atomic E-state index is 0.0783. The Hall–Kier alpha value is -1.60. The molecule has 1 aliphatic rings. The summed E-state index contributed by atoms with van der Waals surface area (Å²) in [6, 6.07) is 0. The fraction of sp³-hybridized carbons (Fsp3) is 0.714. The number of carbonyl (C=O) groups is 1. The third-order valence-electron chi connectivity index (χ3n) is 2.67. The van der Waals surface area contributed by atoms with Gasteiger partial charge in [-0.3, -0.25) is 4.79 Å². The average molecular weight is 218 g/mol. The van der Waals surface area contributed by atoms with E-state index in [2.05, 4.69) is 15.5 Å². The maximum absolute atomic E-state index is 12.9. The smallest absolute Gasteiger partial charge is 0.316 e. The van der Waals surface area contributed by atoms with E-state index >= 15 is 0 Å². The number of carboxylic acids is 1. The van der Waals surface area contributed by atoms with Gasteiger partial charge < -0.3 is 5.11 Å². The van der Waals surface area contributed by atoms with Crippen LogP contribution in [-0.4, -0.2) is 37.2 Å². The minimum Gasteiger partial charge on any atom is -0.481 e. The summed E-state index contributed by atoms with van der Waals surface area (Å²) in [7, 11) is 0. The normalized spacial score (nSPS) is 27.6. The van der Waals surface area contributed by atoms with E-state index in [4.69, 9.17) is 5.11 Å². The number of alkyl halides is 2. The summed E-state index contributed by atoms with van der Waals surface area (Å²) >= 11 is 0. The van der Waals surface area contributed by atoms with Gasteiger partial charge in [-0.1, -0.05) is 0 Å². The molecule has 0 spiro atoms. The van der Waals surface area contributed by atoms with E-state index < -0.39 is 23.7 Å². The Kier molecular flexibility index (Phi) is 1.95. The van der Waals surface area contributed by atoms with E-state index in [9.17, 15) is 13.6 Å². The van der Waals surface area contributed by atoms with Crippen molar-refractivity contribution >= 4 is 5.97 Å². The molecule has 0 aliphatic heterocycles. The van der Waals surface area contributed by atoms with Crippen LogP contribution < -0.4 is 0 Å². The number of aryl methyl sites for hydroxylation is 1. The van der Waals surface area contributed by atoms with Crippen molar-refractivity contribution < 1.29 is 18.7 Å². The van der Waals surface area contributed by atoms with Crippen molar-refractivity contribution in [3.8, 4) is 0 Å². The SMILES string of the molecule is O=C(O)C1(CCn2cnnn2)CC1(F)F. The Morgan fingerprint density at radius 2 is 2.27 bits per heavy atom. The van der Waals surface area contributed by atoms with Gasteiger partial charge >= 0.3 is 5.97 Å². The molecule has 0 amide bonds. The van der Waals surface area contributed by atoms with Crippen LogP contribution in [0.25, 0.3) is 0 Å². The number of aromatic nitrogens is 4. The predicted octanol–water partition coefficient (Wildman–Crippen LogP) is 0.173. The summed E-state index contributed by atoms with van der Waals surface area (Å²) in [4.78, 5) is 10.7. The molecule has 1 saturated carbocycles. The van der Waals surface area contributed by atoms with Gasteiger partial charge in [0.05, 0.1) is 0 Å². The maximum atomic E-state index is 12.9. The number of rotatable bonds is 4. The molecule has 1 aromatic heterocycles. The van der Waals surface area contributed by atoms with Crippen LogP contribution in [0.15, 0.2) is 6.33 Å². The zero-order valence-electron chi connectivity index (χ0n) is 7.60. The van der Waals surface area contributed by atoms with Gasteiger partial charge in [0.2, 0.25) is 0 Å². The molecule has 6 nitrogen and oxygen atoms in total. The lowest BCUT2D eigenvalue weighted by molar-refractivity contribution is -0.148. The second kappa shape index (κ2) is 2.94. The average Bonchev–Trinajstić information content (AvgIpc) is 2.57. The van der Waals surface area contributed by atoms with E-state index in [1.54, 1.807) is 0 Å². The molecule has 1 atom stereocenters. The quantitative estimate of drug-likeness (QED) is 0.779. The lowest BCUT2D eigenvalue weighted by Gasteiger charge is -2.09. The Balaban J connectivity index is 2.02. The number of carboxylic acid groups (broad SMARTS) is 1. The summed E-state index contributed by atoms with van der Waals surface area (Å²) < 4.78 is 27.0. The molecule has 82 valence electrons. The summed E-state index contributed by atoms with van der Waals surface area (Å²) in [6.07, 6.45) is 0.494. The van der Waals surface area contributed by atoms with Crippen molar-refractivity contribution in [3.05, 3.63) is 6.33 Å². The topological polar surface area (TPSA) is 80.9 Å². The first-order valence-corrected chi connectivity index (χ1v) is 4.30. The van der Waals surface area contributed by atoms with Crippen LogP contribution in [0.3, 0.4) is 0 Å². The molecule has 0 radical (unpaired) electrons. The highest BCUT2D eigenvalue weighted by Crippen LogP contribution is 2.62. The van der Waals surface area contributed by atoms with E-state index in [-0.39, 0.29) is 13.0 Å². The second-order valence-electron chi connectivity index (χ2n) is 3.59. The fourth-order valence-corrected chi connectivity index (χ4v) is 1.53. The van der Waals surface area contributed by atoms with Crippen molar-refractivity contribution in [1.29, 1.82) is 0 Å². The van der Waals surface area contributed by atoms with Crippen LogP contribution in [0.1, 0.15) is 12.8 Å². The van der Waals surface area contributed by atoms with E-state index in [1.807, 2.05) is 0 Å². The molecule has 1 fully saturated rings. The Labute approximate surface area is 82.9 Å². The van der Waals surface area contributed by atoms with Crippen molar-refractivity contribution in [3.63, 3.8) is 0 Å². The standard InChI is InChI=1S/C7H8F2N4O2/c8-7(9)3-6(7,5(14)15)1-2-13-4-10-11-12-13/h4H,1-3H2,(H,14,15). The highest BCUT2D eigenvalue weighted by Gasteiger charge is 2.75. The largest absolute Gasteiger partial charge is 0.481 e. The van der Waals surface area contributed by atoms with E-state index in [1.165, 1.54) is 11.0 Å². The molecule has 2 rings (SSSR count). The lowest BCUT2D eigenvalue weighted by Crippen LogP contribution is -2.24. The van der Waals surface area contributed by atoms with Gasteiger partial charge in [-0.25, -0.2) is 13.5 Å². The number of hydrogen-bond donors (Lipinski definition) is 1. The maximum Gasteiger partial charge on any atom is 0.316 e. The van der Waals surface area contributed by atoms with Gasteiger partial charge in [-0.2, -0.15) is 0 Å².